The fourth-order valence-electron chi connectivity index (χ4n) is 3.59. The molecule has 0 amide bonds. The lowest BCUT2D eigenvalue weighted by Crippen LogP contribution is -2.57. The minimum Gasteiger partial charge on any atom is -0.389 e. The molecular formula is C14H28N2O2. The van der Waals surface area contributed by atoms with Crippen LogP contribution in [0.4, 0.5) is 0 Å². The molecule has 4 nitrogen and oxygen atoms in total. The monoisotopic (exact) mass is 256 g/mol. The minimum absolute atomic E-state index is 0.213. The topological polar surface area (TPSA) is 58.7 Å². The molecular weight excluding hydrogens is 228 g/mol. The van der Waals surface area contributed by atoms with E-state index in [0.717, 1.165) is 58.3 Å². The van der Waals surface area contributed by atoms with Crippen molar-refractivity contribution in [2.75, 3.05) is 39.4 Å². The Kier molecular flexibility index (Phi) is 4.64. The zero-order valence-corrected chi connectivity index (χ0v) is 11.7. The number of likely N-dealkylation sites (tertiary alicyclic amines) is 1. The maximum atomic E-state index is 11.2. The molecule has 2 heterocycles. The van der Waals surface area contributed by atoms with Crippen molar-refractivity contribution >= 4 is 0 Å². The van der Waals surface area contributed by atoms with Crippen molar-refractivity contribution in [3.05, 3.63) is 0 Å². The number of nitrogens with two attached hydrogens (primary N) is 1. The summed E-state index contributed by atoms with van der Waals surface area (Å²) in [6.07, 6.45) is 4.79. The fraction of sp³-hybridized carbons (Fsp3) is 1.00. The van der Waals surface area contributed by atoms with E-state index in [9.17, 15) is 5.11 Å². The molecule has 0 bridgehead atoms. The van der Waals surface area contributed by atoms with Crippen molar-refractivity contribution in [1.82, 2.24) is 4.90 Å². The number of nitrogens with zero attached hydrogens (tertiary/aromatic N) is 1. The van der Waals surface area contributed by atoms with Crippen LogP contribution in [-0.4, -0.2) is 55.0 Å². The van der Waals surface area contributed by atoms with Crippen LogP contribution in [-0.2, 0) is 4.74 Å². The van der Waals surface area contributed by atoms with E-state index in [1.807, 2.05) is 0 Å². The largest absolute Gasteiger partial charge is 0.389 e. The summed E-state index contributed by atoms with van der Waals surface area (Å²) in [6.45, 7) is 7.32. The van der Waals surface area contributed by atoms with Gasteiger partial charge >= 0.3 is 0 Å². The molecule has 2 saturated heterocycles. The van der Waals surface area contributed by atoms with Crippen LogP contribution in [0.25, 0.3) is 0 Å². The summed E-state index contributed by atoms with van der Waals surface area (Å²) in [4.78, 5) is 2.42. The van der Waals surface area contributed by atoms with E-state index in [1.165, 1.54) is 0 Å². The summed E-state index contributed by atoms with van der Waals surface area (Å²) in [6, 6.07) is 0. The highest BCUT2D eigenvalue weighted by Crippen LogP contribution is 2.44. The van der Waals surface area contributed by atoms with E-state index < -0.39 is 5.60 Å². The van der Waals surface area contributed by atoms with Crippen LogP contribution in [0.2, 0.25) is 0 Å². The van der Waals surface area contributed by atoms with E-state index in [4.69, 9.17) is 10.5 Å². The summed E-state index contributed by atoms with van der Waals surface area (Å²) in [5.41, 5.74) is 5.17. The van der Waals surface area contributed by atoms with Gasteiger partial charge in [0.15, 0.2) is 0 Å². The molecule has 0 aromatic rings. The Morgan fingerprint density at radius 1 is 1.22 bits per heavy atom. The molecule has 2 rings (SSSR count). The summed E-state index contributed by atoms with van der Waals surface area (Å²) < 4.78 is 5.64. The van der Waals surface area contributed by atoms with Gasteiger partial charge in [0.1, 0.15) is 0 Å². The first-order chi connectivity index (χ1) is 8.66. The molecule has 0 aromatic carbocycles. The maximum absolute atomic E-state index is 11.2. The van der Waals surface area contributed by atoms with Crippen molar-refractivity contribution in [1.29, 1.82) is 0 Å². The second-order valence-corrected chi connectivity index (χ2v) is 5.96. The molecule has 4 heteroatoms. The van der Waals surface area contributed by atoms with Crippen LogP contribution in [0, 0.1) is 5.41 Å². The molecule has 2 unspecified atom stereocenters. The van der Waals surface area contributed by atoms with E-state index in [1.54, 1.807) is 0 Å². The van der Waals surface area contributed by atoms with Gasteiger partial charge in [-0.3, -0.25) is 0 Å². The number of rotatable bonds is 3. The molecule has 0 aromatic heterocycles. The SMILES string of the molecule is CCN1CCCC(O)(C2(CN)CCCOC2)CC1. The molecule has 0 radical (unpaired) electrons. The van der Waals surface area contributed by atoms with Gasteiger partial charge in [-0.25, -0.2) is 0 Å². The van der Waals surface area contributed by atoms with Gasteiger partial charge in [-0.2, -0.15) is 0 Å². The third kappa shape index (κ3) is 2.57. The minimum atomic E-state index is -0.633. The van der Waals surface area contributed by atoms with Crippen LogP contribution < -0.4 is 5.73 Å². The zero-order chi connectivity index (χ0) is 13.1. The van der Waals surface area contributed by atoms with Crippen molar-refractivity contribution in [2.24, 2.45) is 11.1 Å². The molecule has 2 aliphatic heterocycles. The molecule has 0 saturated carbocycles. The summed E-state index contributed by atoms with van der Waals surface area (Å²) in [5.74, 6) is 0. The quantitative estimate of drug-likeness (QED) is 0.790. The van der Waals surface area contributed by atoms with Crippen LogP contribution in [0.1, 0.15) is 39.0 Å². The standard InChI is InChI=1S/C14H28N2O2/c1-2-16-8-3-6-14(17,7-9-16)13(11-15)5-4-10-18-12-13/h17H,2-12,15H2,1H3. The highest BCUT2D eigenvalue weighted by Gasteiger charge is 2.50. The predicted molar refractivity (Wildman–Crippen MR) is 72.5 cm³/mol. The van der Waals surface area contributed by atoms with Crippen molar-refractivity contribution in [2.45, 2.75) is 44.6 Å². The Bertz CT molecular complexity index is 267. The Morgan fingerprint density at radius 2 is 2.06 bits per heavy atom. The number of hydrogen-bond acceptors (Lipinski definition) is 4. The molecule has 0 spiro atoms. The van der Waals surface area contributed by atoms with Crippen molar-refractivity contribution in [3.8, 4) is 0 Å². The lowest BCUT2D eigenvalue weighted by Gasteiger charge is -2.48. The molecule has 106 valence electrons. The molecule has 18 heavy (non-hydrogen) atoms. The number of ether oxygens (including phenoxy) is 1. The first-order valence-electron chi connectivity index (χ1n) is 7.38. The van der Waals surface area contributed by atoms with Crippen molar-refractivity contribution < 1.29 is 9.84 Å². The fourth-order valence-corrected chi connectivity index (χ4v) is 3.59. The normalized spacial score (nSPS) is 39.5. The predicted octanol–water partition coefficient (Wildman–Crippen LogP) is 0.979. The number of hydrogen-bond donors (Lipinski definition) is 2. The Labute approximate surface area is 110 Å². The van der Waals surface area contributed by atoms with Gasteiger partial charge < -0.3 is 20.5 Å². The summed E-state index contributed by atoms with van der Waals surface area (Å²) in [7, 11) is 0. The van der Waals surface area contributed by atoms with Crippen molar-refractivity contribution in [3.63, 3.8) is 0 Å². The molecule has 0 aliphatic carbocycles. The molecule has 3 N–H and O–H groups in total. The highest BCUT2D eigenvalue weighted by atomic mass is 16.5. The van der Waals surface area contributed by atoms with Gasteiger partial charge in [0.25, 0.3) is 0 Å². The first kappa shape index (κ1) is 14.3. The third-order valence-electron chi connectivity index (χ3n) is 5.05. The number of aliphatic hydroxyl groups is 1. The summed E-state index contributed by atoms with van der Waals surface area (Å²) in [5, 5.41) is 11.2. The van der Waals surface area contributed by atoms with E-state index in [2.05, 4.69) is 11.8 Å². The second kappa shape index (κ2) is 5.87. The highest BCUT2D eigenvalue weighted by molar-refractivity contribution is 5.02. The molecule has 2 atom stereocenters. The lowest BCUT2D eigenvalue weighted by molar-refractivity contribution is -0.149. The Hall–Kier alpha value is -0.160. The van der Waals surface area contributed by atoms with E-state index in [0.29, 0.717) is 13.2 Å². The molecule has 2 aliphatic rings. The second-order valence-electron chi connectivity index (χ2n) is 5.96. The van der Waals surface area contributed by atoms with Gasteiger partial charge in [-0.15, -0.1) is 0 Å². The smallest absolute Gasteiger partial charge is 0.0750 e. The first-order valence-corrected chi connectivity index (χ1v) is 7.38. The summed E-state index contributed by atoms with van der Waals surface area (Å²) >= 11 is 0. The average molecular weight is 256 g/mol. The van der Waals surface area contributed by atoms with Gasteiger partial charge in [0.2, 0.25) is 0 Å². The Balaban J connectivity index is 2.12. The lowest BCUT2D eigenvalue weighted by atomic mass is 9.65. The Morgan fingerprint density at radius 3 is 2.67 bits per heavy atom. The van der Waals surface area contributed by atoms with Gasteiger partial charge in [0, 0.05) is 25.1 Å². The zero-order valence-electron chi connectivity index (χ0n) is 11.7. The van der Waals surface area contributed by atoms with E-state index in [-0.39, 0.29) is 5.41 Å². The third-order valence-corrected chi connectivity index (χ3v) is 5.05. The average Bonchev–Trinajstić information content (AvgIpc) is 2.62. The van der Waals surface area contributed by atoms with Gasteiger partial charge in [0.05, 0.1) is 12.2 Å². The van der Waals surface area contributed by atoms with Crippen LogP contribution in [0.5, 0.6) is 0 Å². The van der Waals surface area contributed by atoms with E-state index >= 15 is 0 Å². The van der Waals surface area contributed by atoms with Crippen LogP contribution in [0.15, 0.2) is 0 Å². The van der Waals surface area contributed by atoms with Gasteiger partial charge in [-0.1, -0.05) is 6.92 Å². The van der Waals surface area contributed by atoms with Crippen LogP contribution in [0.3, 0.4) is 0 Å². The van der Waals surface area contributed by atoms with Gasteiger partial charge in [-0.05, 0) is 45.2 Å². The molecule has 2 fully saturated rings. The van der Waals surface area contributed by atoms with Crippen LogP contribution >= 0.6 is 0 Å². The maximum Gasteiger partial charge on any atom is 0.0750 e.